The Morgan fingerprint density at radius 3 is 2.42 bits per heavy atom. The molecule has 26 heavy (non-hydrogen) atoms. The van der Waals surface area contributed by atoms with Crippen molar-refractivity contribution in [1.82, 2.24) is 9.97 Å². The lowest BCUT2D eigenvalue weighted by atomic mass is 9.84. The zero-order chi connectivity index (χ0) is 19.1. The molecule has 2 N–H and O–H groups in total. The van der Waals surface area contributed by atoms with Crippen LogP contribution in [0.15, 0.2) is 35.8 Å². The third-order valence-corrected chi connectivity index (χ3v) is 4.08. The van der Waals surface area contributed by atoms with E-state index < -0.39 is 41.9 Å². The molecule has 0 spiro atoms. The molecule has 0 fully saturated rings. The molecule has 138 valence electrons. The van der Waals surface area contributed by atoms with Crippen LogP contribution in [-0.4, -0.2) is 28.3 Å². The third-order valence-electron chi connectivity index (χ3n) is 4.08. The van der Waals surface area contributed by atoms with Gasteiger partial charge in [0.15, 0.2) is 6.10 Å². The summed E-state index contributed by atoms with van der Waals surface area (Å²) < 4.78 is 72.4. The predicted molar refractivity (Wildman–Crippen MR) is 81.9 cm³/mol. The first kappa shape index (κ1) is 18.0. The number of hydrogen-bond acceptors (Lipinski definition) is 5. The highest BCUT2D eigenvalue weighted by Crippen LogP contribution is 2.42. The molecule has 0 radical (unpaired) electrons. The number of nitrogens with zero attached hydrogens (tertiary/aromatic N) is 3. The number of ether oxygens (including phenoxy) is 1. The Balaban J connectivity index is 2.12. The van der Waals surface area contributed by atoms with E-state index in [9.17, 15) is 22.0 Å². The van der Waals surface area contributed by atoms with Gasteiger partial charge in [0.1, 0.15) is 18.0 Å². The van der Waals surface area contributed by atoms with Crippen LogP contribution in [-0.2, 0) is 10.3 Å². The highest BCUT2D eigenvalue weighted by atomic mass is 19.4. The molecule has 1 aliphatic rings. The zero-order valence-corrected chi connectivity index (χ0v) is 13.4. The minimum absolute atomic E-state index is 0.0629. The maximum absolute atomic E-state index is 14.4. The number of amidine groups is 1. The van der Waals surface area contributed by atoms with Crippen LogP contribution in [0.2, 0.25) is 0 Å². The van der Waals surface area contributed by atoms with Crippen molar-refractivity contribution in [2.24, 2.45) is 10.7 Å². The molecule has 0 amide bonds. The topological polar surface area (TPSA) is 73.4 Å². The molecule has 1 aliphatic heterocycles. The van der Waals surface area contributed by atoms with Gasteiger partial charge in [0.25, 0.3) is 6.02 Å². The van der Waals surface area contributed by atoms with Gasteiger partial charge < -0.3 is 10.5 Å². The van der Waals surface area contributed by atoms with E-state index in [4.69, 9.17) is 5.73 Å². The molecule has 2 heterocycles. The molecule has 0 aliphatic carbocycles. The number of nitrogens with two attached hydrogens (primary N) is 1. The molecule has 0 bridgehead atoms. The van der Waals surface area contributed by atoms with Crippen LogP contribution in [0.3, 0.4) is 0 Å². The first-order chi connectivity index (χ1) is 12.1. The lowest BCUT2D eigenvalue weighted by molar-refractivity contribution is -0.208. The van der Waals surface area contributed by atoms with E-state index in [0.29, 0.717) is 6.07 Å². The Hall–Kier alpha value is -2.78. The second-order valence-electron chi connectivity index (χ2n) is 6.02. The molecule has 3 rings (SSSR count). The summed E-state index contributed by atoms with van der Waals surface area (Å²) in [5, 5.41) is 0. The van der Waals surface area contributed by atoms with E-state index in [-0.39, 0.29) is 16.7 Å². The first-order valence-electron chi connectivity index (χ1n) is 7.44. The minimum Gasteiger partial charge on any atom is -0.452 e. The Bertz CT molecular complexity index is 856. The van der Waals surface area contributed by atoms with Crippen LogP contribution in [0.4, 0.5) is 22.0 Å². The van der Waals surface area contributed by atoms with Crippen LogP contribution in [0, 0.1) is 11.6 Å². The predicted octanol–water partition coefficient (Wildman–Crippen LogP) is 3.30. The summed E-state index contributed by atoms with van der Waals surface area (Å²) in [4.78, 5) is 11.4. The highest BCUT2D eigenvalue weighted by molar-refractivity contribution is 5.73. The van der Waals surface area contributed by atoms with Gasteiger partial charge in [-0.2, -0.15) is 13.2 Å². The van der Waals surface area contributed by atoms with Gasteiger partial charge in [0.2, 0.25) is 0 Å². The van der Waals surface area contributed by atoms with Gasteiger partial charge in [-0.15, -0.1) is 0 Å². The van der Waals surface area contributed by atoms with E-state index in [1.54, 1.807) is 0 Å². The quantitative estimate of drug-likeness (QED) is 0.821. The molecule has 1 aromatic heterocycles. The third kappa shape index (κ3) is 3.31. The van der Waals surface area contributed by atoms with Crippen LogP contribution in [0.5, 0.6) is 0 Å². The SMILES string of the molecule is C[C@@]1(c2cc(-c3cncnc3)c(F)cc2F)C[C@@H](C(F)(F)F)OC(N)=N1. The van der Waals surface area contributed by atoms with Crippen molar-refractivity contribution in [1.29, 1.82) is 0 Å². The maximum Gasteiger partial charge on any atom is 0.425 e. The Morgan fingerprint density at radius 2 is 1.81 bits per heavy atom. The summed E-state index contributed by atoms with van der Waals surface area (Å²) in [6.45, 7) is 1.28. The molecule has 5 nitrogen and oxygen atoms in total. The van der Waals surface area contributed by atoms with Crippen LogP contribution < -0.4 is 5.73 Å². The number of halogens is 5. The monoisotopic (exact) mass is 372 g/mol. The van der Waals surface area contributed by atoms with Crippen molar-refractivity contribution in [3.63, 3.8) is 0 Å². The van der Waals surface area contributed by atoms with Crippen molar-refractivity contribution in [2.45, 2.75) is 31.2 Å². The molecule has 2 atom stereocenters. The molecule has 2 aromatic rings. The summed E-state index contributed by atoms with van der Waals surface area (Å²) in [7, 11) is 0. The fourth-order valence-corrected chi connectivity index (χ4v) is 2.84. The summed E-state index contributed by atoms with van der Waals surface area (Å²) in [6, 6.07) is 0.973. The smallest absolute Gasteiger partial charge is 0.425 e. The number of aliphatic imine (C=N–C) groups is 1. The summed E-state index contributed by atoms with van der Waals surface area (Å²) in [5.41, 5.74) is 3.63. The van der Waals surface area contributed by atoms with Gasteiger partial charge in [-0.05, 0) is 13.0 Å². The summed E-state index contributed by atoms with van der Waals surface area (Å²) in [6.07, 6.45) is -3.84. The van der Waals surface area contributed by atoms with Crippen LogP contribution in [0.1, 0.15) is 18.9 Å². The Labute approximate surface area is 144 Å². The van der Waals surface area contributed by atoms with Gasteiger partial charge >= 0.3 is 6.18 Å². The van der Waals surface area contributed by atoms with Gasteiger partial charge in [-0.3, -0.25) is 0 Å². The van der Waals surface area contributed by atoms with E-state index in [2.05, 4.69) is 19.7 Å². The standard InChI is InChI=1S/C16H13F5N4O/c1-15(4-13(16(19,20)21)26-14(22)25-15)10-2-9(11(17)3-12(10)18)8-5-23-7-24-6-8/h2-3,5-7,13H,4H2,1H3,(H2,22,25)/t13-,15-/m0/s1. The number of hydrogen-bond donors (Lipinski definition) is 1. The number of aromatic nitrogens is 2. The van der Waals surface area contributed by atoms with Crippen LogP contribution in [0.25, 0.3) is 11.1 Å². The maximum atomic E-state index is 14.4. The lowest BCUT2D eigenvalue weighted by Crippen LogP contribution is -2.46. The van der Waals surface area contributed by atoms with Crippen molar-refractivity contribution in [2.75, 3.05) is 0 Å². The average Bonchev–Trinajstić information content (AvgIpc) is 2.54. The van der Waals surface area contributed by atoms with E-state index >= 15 is 0 Å². The average molecular weight is 372 g/mol. The Kier molecular flexibility index (Phi) is 4.29. The minimum atomic E-state index is -4.71. The Morgan fingerprint density at radius 1 is 1.15 bits per heavy atom. The van der Waals surface area contributed by atoms with Gasteiger partial charge in [0, 0.05) is 41.6 Å². The van der Waals surface area contributed by atoms with Crippen molar-refractivity contribution >= 4 is 6.02 Å². The normalized spacial score (nSPS) is 23.3. The second kappa shape index (κ2) is 6.19. The van der Waals surface area contributed by atoms with Gasteiger partial charge in [0.05, 0.1) is 5.54 Å². The van der Waals surface area contributed by atoms with Crippen molar-refractivity contribution < 1.29 is 26.7 Å². The largest absolute Gasteiger partial charge is 0.452 e. The summed E-state index contributed by atoms with van der Waals surface area (Å²) >= 11 is 0. The van der Waals surface area contributed by atoms with E-state index in [1.165, 1.54) is 25.6 Å². The second-order valence-corrected chi connectivity index (χ2v) is 6.02. The summed E-state index contributed by atoms with van der Waals surface area (Å²) in [5.74, 6) is -1.94. The van der Waals surface area contributed by atoms with E-state index in [0.717, 1.165) is 6.07 Å². The number of benzene rings is 1. The van der Waals surface area contributed by atoms with Crippen LogP contribution >= 0.6 is 0 Å². The molecular formula is C16H13F5N4O. The molecule has 0 saturated heterocycles. The van der Waals surface area contributed by atoms with Crippen molar-refractivity contribution in [3.05, 3.63) is 48.1 Å². The van der Waals surface area contributed by atoms with Gasteiger partial charge in [-0.25, -0.2) is 23.7 Å². The highest BCUT2D eigenvalue weighted by Gasteiger charge is 2.50. The van der Waals surface area contributed by atoms with E-state index in [1.807, 2.05) is 0 Å². The molecular weight excluding hydrogens is 359 g/mol. The fraction of sp³-hybridized carbons (Fsp3) is 0.312. The molecule has 1 aromatic carbocycles. The van der Waals surface area contributed by atoms with Crippen molar-refractivity contribution in [3.8, 4) is 11.1 Å². The number of alkyl halides is 3. The zero-order valence-electron chi connectivity index (χ0n) is 13.4. The first-order valence-corrected chi connectivity index (χ1v) is 7.44. The lowest BCUT2D eigenvalue weighted by Gasteiger charge is -2.36. The van der Waals surface area contributed by atoms with Gasteiger partial charge in [-0.1, -0.05) is 0 Å². The number of rotatable bonds is 2. The molecule has 10 heteroatoms. The molecule has 0 unspecified atom stereocenters. The molecule has 0 saturated carbocycles. The fourth-order valence-electron chi connectivity index (χ4n) is 2.84.